The molecular formula is C63H99NO18S. The number of rotatable bonds is 46. The molecule has 0 spiro atoms. The molecule has 0 fully saturated rings. The standard InChI is InChI=1S/C63H99NO18S/c1-46(28-20-16-12-11-13-17-21-29-47(2)63(77)81-5)62(76)49(4)59(74)37-22-18-14-9-7-6-8-10-15-19-23-38-61(82-83(78,79)80)48(3)60(75)45-58(73)44-55(70)35-26-34-54(69)43-57(72)42-53(68)33-25-32-51(66)40-50(65)30-24-31-52(67)41-56(71)36-27-39-64/h6-11,13-15,17-26,28-30,33,35,37,46,48-59,61-62,65-74,76H,12,16,27,31-32,34,36,38-45,64H2,1-5H3,(H,78,79,80). The molecule has 0 rings (SSSR count). The van der Waals surface area contributed by atoms with Crippen molar-refractivity contribution < 1.29 is 87.7 Å². The lowest BCUT2D eigenvalue weighted by Crippen LogP contribution is -2.32. The molecule has 0 aromatic heterocycles. The van der Waals surface area contributed by atoms with Gasteiger partial charge in [0.1, 0.15) is 5.78 Å². The molecule has 0 aliphatic rings. The van der Waals surface area contributed by atoms with Crippen molar-refractivity contribution >= 4 is 22.2 Å². The summed E-state index contributed by atoms with van der Waals surface area (Å²) in [5, 5.41) is 114. The monoisotopic (exact) mass is 1190 g/mol. The molecule has 0 saturated carbocycles. The van der Waals surface area contributed by atoms with Crippen LogP contribution in [0.15, 0.2) is 157 Å². The molecule has 0 aromatic carbocycles. The van der Waals surface area contributed by atoms with Gasteiger partial charge in [0, 0.05) is 49.0 Å². The molecule has 0 heterocycles. The first-order valence-electron chi connectivity index (χ1n) is 28.4. The highest BCUT2D eigenvalue weighted by atomic mass is 32.3. The second-order valence-electron chi connectivity index (χ2n) is 20.7. The van der Waals surface area contributed by atoms with Crippen LogP contribution in [0, 0.1) is 17.8 Å². The summed E-state index contributed by atoms with van der Waals surface area (Å²) in [6.07, 6.45) is 32.2. The van der Waals surface area contributed by atoms with Crippen molar-refractivity contribution in [1.29, 1.82) is 0 Å². The molecule has 14 N–H and O–H groups in total. The second-order valence-corrected chi connectivity index (χ2v) is 21.7. The van der Waals surface area contributed by atoms with Crippen LogP contribution < -0.4 is 5.73 Å². The zero-order valence-corrected chi connectivity index (χ0v) is 49.8. The molecule has 0 aliphatic heterocycles. The number of aliphatic hydroxyl groups excluding tert-OH is 11. The molecule has 19 nitrogen and oxygen atoms in total. The molecule has 15 unspecified atom stereocenters. The minimum absolute atomic E-state index is 0.00168. The van der Waals surface area contributed by atoms with Gasteiger partial charge in [0.05, 0.1) is 80.4 Å². The number of ether oxygens (including phenoxy) is 1. The number of ketones is 1. The number of esters is 1. The molecular weight excluding hydrogens is 1090 g/mol. The summed E-state index contributed by atoms with van der Waals surface area (Å²) < 4.78 is 42.1. The normalized spacial score (nSPS) is 19.2. The quantitative estimate of drug-likeness (QED) is 0.00850. The van der Waals surface area contributed by atoms with E-state index < -0.39 is 108 Å². The summed E-state index contributed by atoms with van der Waals surface area (Å²) >= 11 is 0. The molecule has 0 bridgehead atoms. The smallest absolute Gasteiger partial charge is 0.397 e. The van der Waals surface area contributed by atoms with Crippen LogP contribution >= 0.6 is 0 Å². The highest BCUT2D eigenvalue weighted by Crippen LogP contribution is 2.21. The lowest BCUT2D eigenvalue weighted by Gasteiger charge is -2.25. The highest BCUT2D eigenvalue weighted by Gasteiger charge is 2.30. The van der Waals surface area contributed by atoms with Crippen molar-refractivity contribution in [2.45, 2.75) is 191 Å². The molecule has 20 heteroatoms. The average molecular weight is 1190 g/mol. The van der Waals surface area contributed by atoms with Crippen molar-refractivity contribution in [3.05, 3.63) is 157 Å². The van der Waals surface area contributed by atoms with E-state index in [1.807, 2.05) is 37.3 Å². The maximum absolute atomic E-state index is 13.1. The summed E-state index contributed by atoms with van der Waals surface area (Å²) in [5.74, 6) is -2.63. The van der Waals surface area contributed by atoms with Gasteiger partial charge in [-0.15, -0.1) is 0 Å². The van der Waals surface area contributed by atoms with Crippen LogP contribution in [0.3, 0.4) is 0 Å². The largest absolute Gasteiger partial charge is 0.466 e. The van der Waals surface area contributed by atoms with Crippen LogP contribution in [0.4, 0.5) is 0 Å². The SMILES string of the molecule is COC(=O)C(C)=CC=CC=CCCC=CC(C)C(O)C(C)C(O)C=CC=CC=CC=CC=CC=CCC(OS(=O)(=O)O)C(C)C(=O)CC(O)CC(O)C=CCC(O)CC(O)CC(O)C=CCC(O)CC(O)C=CCC(O)CC(O)CCCN. The topological polar surface area (TPSA) is 356 Å². The third-order valence-electron chi connectivity index (χ3n) is 13.0. The average Bonchev–Trinajstić information content (AvgIpc) is 3.41. The molecule has 15 atom stereocenters. The van der Waals surface area contributed by atoms with E-state index in [1.165, 1.54) is 44.4 Å². The first-order chi connectivity index (χ1) is 39.3. The molecule has 470 valence electrons. The van der Waals surface area contributed by atoms with Gasteiger partial charge in [-0.05, 0) is 77.7 Å². The predicted octanol–water partition coefficient (Wildman–Crippen LogP) is 5.84. The van der Waals surface area contributed by atoms with E-state index in [4.69, 9.17) is 9.92 Å². The maximum Gasteiger partial charge on any atom is 0.397 e. The molecule has 83 heavy (non-hydrogen) atoms. The number of hydrogen-bond acceptors (Lipinski definition) is 18. The fourth-order valence-electron chi connectivity index (χ4n) is 8.05. The number of carbonyl (C=O) groups excluding carboxylic acids is 2. The highest BCUT2D eigenvalue weighted by molar-refractivity contribution is 7.80. The second kappa shape index (κ2) is 47.4. The zero-order chi connectivity index (χ0) is 62.6. The third kappa shape index (κ3) is 43.4. The Balaban J connectivity index is 4.81. The first-order valence-corrected chi connectivity index (χ1v) is 29.8. The van der Waals surface area contributed by atoms with Gasteiger partial charge in [-0.3, -0.25) is 9.35 Å². The van der Waals surface area contributed by atoms with Gasteiger partial charge in [-0.2, -0.15) is 8.42 Å². The summed E-state index contributed by atoms with van der Waals surface area (Å²) in [6, 6.07) is 0. The molecule has 0 radical (unpaired) electrons. The van der Waals surface area contributed by atoms with E-state index in [9.17, 15) is 78.7 Å². The van der Waals surface area contributed by atoms with Gasteiger partial charge >= 0.3 is 16.4 Å². The lowest BCUT2D eigenvalue weighted by molar-refractivity contribution is -0.136. The van der Waals surface area contributed by atoms with E-state index in [1.54, 1.807) is 105 Å². The fourth-order valence-corrected chi connectivity index (χ4v) is 8.61. The van der Waals surface area contributed by atoms with Crippen LogP contribution in [0.2, 0.25) is 0 Å². The number of methoxy groups -OCH3 is 1. The minimum atomic E-state index is -4.95. The number of carbonyl (C=O) groups is 2. The van der Waals surface area contributed by atoms with Crippen LogP contribution in [-0.2, 0) is 28.9 Å². The number of allylic oxidation sites excluding steroid dienone is 16. The van der Waals surface area contributed by atoms with Crippen molar-refractivity contribution in [1.82, 2.24) is 0 Å². The summed E-state index contributed by atoms with van der Waals surface area (Å²) in [7, 11) is -3.62. The fraction of sp³-hybridized carbons (Fsp3) is 0.556. The van der Waals surface area contributed by atoms with Crippen molar-refractivity contribution in [3.63, 3.8) is 0 Å². The Hall–Kier alpha value is -4.85. The Kier molecular flexibility index (Phi) is 44.6. The minimum Gasteiger partial charge on any atom is -0.466 e. The Labute approximate surface area is 493 Å². The summed E-state index contributed by atoms with van der Waals surface area (Å²) in [5.41, 5.74) is 5.93. The van der Waals surface area contributed by atoms with Crippen LogP contribution in [0.5, 0.6) is 0 Å². The molecule has 0 saturated heterocycles. The lowest BCUT2D eigenvalue weighted by atomic mass is 9.88. The van der Waals surface area contributed by atoms with E-state index in [-0.39, 0.29) is 69.7 Å². The number of Topliss-reactive ketones (excluding diaryl/α,β-unsaturated/α-hetero) is 1. The van der Waals surface area contributed by atoms with Crippen molar-refractivity contribution in [2.75, 3.05) is 13.7 Å². The maximum atomic E-state index is 13.1. The Morgan fingerprint density at radius 1 is 0.518 bits per heavy atom. The predicted molar refractivity (Wildman–Crippen MR) is 324 cm³/mol. The third-order valence-corrected chi connectivity index (χ3v) is 13.5. The Morgan fingerprint density at radius 2 is 0.976 bits per heavy atom. The first kappa shape index (κ1) is 78.1. The van der Waals surface area contributed by atoms with Gasteiger partial charge in [0.25, 0.3) is 0 Å². The van der Waals surface area contributed by atoms with Gasteiger partial charge < -0.3 is 66.6 Å². The van der Waals surface area contributed by atoms with Gasteiger partial charge in [-0.1, -0.05) is 173 Å². The molecule has 0 aromatic rings. The van der Waals surface area contributed by atoms with E-state index >= 15 is 0 Å². The number of hydrogen-bond donors (Lipinski definition) is 13. The van der Waals surface area contributed by atoms with E-state index in [2.05, 4.69) is 4.74 Å². The number of nitrogens with two attached hydrogens (primary N) is 1. The summed E-state index contributed by atoms with van der Waals surface area (Å²) in [6.45, 7) is 7.20. The Bertz CT molecular complexity index is 2280. The summed E-state index contributed by atoms with van der Waals surface area (Å²) in [4.78, 5) is 24.4. The van der Waals surface area contributed by atoms with E-state index in [0.29, 0.717) is 25.0 Å². The number of aliphatic hydroxyl groups is 11. The van der Waals surface area contributed by atoms with Crippen LogP contribution in [-0.4, -0.2) is 168 Å². The van der Waals surface area contributed by atoms with Gasteiger partial charge in [0.15, 0.2) is 0 Å². The van der Waals surface area contributed by atoms with E-state index in [0.717, 1.165) is 12.8 Å². The van der Waals surface area contributed by atoms with Crippen LogP contribution in [0.1, 0.15) is 118 Å². The van der Waals surface area contributed by atoms with Gasteiger partial charge in [-0.25, -0.2) is 8.98 Å². The Morgan fingerprint density at radius 3 is 1.51 bits per heavy atom. The molecule has 0 aliphatic carbocycles. The number of unbranched alkanes of at least 4 members (excludes halogenated alkanes) is 1. The van der Waals surface area contributed by atoms with Crippen molar-refractivity contribution in [2.24, 2.45) is 23.5 Å². The van der Waals surface area contributed by atoms with Crippen molar-refractivity contribution in [3.8, 4) is 0 Å². The molecule has 0 amide bonds. The van der Waals surface area contributed by atoms with Crippen LogP contribution in [0.25, 0.3) is 0 Å². The zero-order valence-electron chi connectivity index (χ0n) is 49.0. The van der Waals surface area contributed by atoms with Gasteiger partial charge in [0.2, 0.25) is 0 Å².